The van der Waals surface area contributed by atoms with E-state index in [9.17, 15) is 12.8 Å². The van der Waals surface area contributed by atoms with Gasteiger partial charge in [0.15, 0.2) is 0 Å². The Morgan fingerprint density at radius 1 is 0.696 bits per heavy atom. The van der Waals surface area contributed by atoms with Crippen LogP contribution in [-0.2, 0) is 10.0 Å². The first kappa shape index (κ1) is 22.8. The molecule has 0 aromatic heterocycles. The summed E-state index contributed by atoms with van der Waals surface area (Å²) in [5.74, 6) is 0. The maximum Gasteiger partial charge on any atom is 0.241 e. The number of sulfonamides is 1. The van der Waals surface area contributed by atoms with E-state index < -0.39 is 15.5 Å². The zero-order chi connectivity index (χ0) is 17.4. The molecule has 0 bridgehead atoms. The van der Waals surface area contributed by atoms with Crippen LogP contribution in [0.4, 0.5) is 4.39 Å². The molecule has 0 saturated carbocycles. The first-order valence-corrected chi connectivity index (χ1v) is 11.2. The molecule has 0 spiro atoms. The van der Waals surface area contributed by atoms with Crippen LogP contribution >= 0.6 is 0 Å². The Balaban J connectivity index is 3.14. The van der Waals surface area contributed by atoms with Gasteiger partial charge in [0.2, 0.25) is 15.5 Å². The van der Waals surface area contributed by atoms with Crippen molar-refractivity contribution in [1.29, 1.82) is 0 Å². The van der Waals surface area contributed by atoms with Crippen molar-refractivity contribution in [3.8, 4) is 0 Å². The van der Waals surface area contributed by atoms with Crippen molar-refractivity contribution in [2.75, 3.05) is 0 Å². The molecule has 0 aliphatic heterocycles. The van der Waals surface area contributed by atoms with Gasteiger partial charge >= 0.3 is 0 Å². The minimum atomic E-state index is -3.99. The Morgan fingerprint density at radius 3 is 1.30 bits per heavy atom. The zero-order valence-electron chi connectivity index (χ0n) is 15.1. The third-order valence-corrected chi connectivity index (χ3v) is 5.34. The molecule has 0 aromatic rings. The summed E-state index contributed by atoms with van der Waals surface area (Å²) in [6.45, 7) is 2.25. The molecule has 0 saturated heterocycles. The second kappa shape index (κ2) is 15.4. The van der Waals surface area contributed by atoms with Crippen LogP contribution in [0.5, 0.6) is 0 Å². The van der Waals surface area contributed by atoms with E-state index in [4.69, 9.17) is 5.14 Å². The van der Waals surface area contributed by atoms with E-state index in [1.54, 1.807) is 0 Å². The molecule has 0 heterocycles. The predicted octanol–water partition coefficient (Wildman–Crippen LogP) is 5.83. The van der Waals surface area contributed by atoms with E-state index in [-0.39, 0.29) is 6.42 Å². The highest BCUT2D eigenvalue weighted by molar-refractivity contribution is 7.89. The monoisotopic (exact) mass is 351 g/mol. The van der Waals surface area contributed by atoms with Crippen LogP contribution in [0.25, 0.3) is 0 Å². The summed E-state index contributed by atoms with van der Waals surface area (Å²) in [5, 5.41) is 4.74. The quantitative estimate of drug-likeness (QED) is 0.335. The summed E-state index contributed by atoms with van der Waals surface area (Å²) in [6, 6.07) is 0. The summed E-state index contributed by atoms with van der Waals surface area (Å²) < 4.78 is 34.5. The highest BCUT2D eigenvalue weighted by Crippen LogP contribution is 2.15. The summed E-state index contributed by atoms with van der Waals surface area (Å²) in [6.07, 6.45) is 18.6. The molecule has 3 nitrogen and oxygen atoms in total. The van der Waals surface area contributed by atoms with Gasteiger partial charge in [0.1, 0.15) is 0 Å². The minimum Gasteiger partial charge on any atom is -0.229 e. The Labute approximate surface area is 143 Å². The van der Waals surface area contributed by atoms with Crippen LogP contribution in [0.15, 0.2) is 0 Å². The van der Waals surface area contributed by atoms with Crippen molar-refractivity contribution in [2.24, 2.45) is 5.14 Å². The first-order valence-electron chi connectivity index (χ1n) is 9.64. The number of rotatable bonds is 17. The molecule has 0 aromatic carbocycles. The summed E-state index contributed by atoms with van der Waals surface area (Å²) in [7, 11) is -3.99. The van der Waals surface area contributed by atoms with Crippen molar-refractivity contribution < 1.29 is 12.8 Å². The molecule has 0 fully saturated rings. The van der Waals surface area contributed by atoms with E-state index in [2.05, 4.69) is 6.92 Å². The van der Waals surface area contributed by atoms with Crippen LogP contribution in [0.3, 0.4) is 0 Å². The number of unbranched alkanes of at least 4 members (excludes halogenated alkanes) is 14. The van der Waals surface area contributed by atoms with Crippen molar-refractivity contribution in [3.05, 3.63) is 0 Å². The molecular formula is C18H38FNO2S. The maximum atomic E-state index is 13.1. The number of nitrogens with two attached hydrogens (primary N) is 1. The predicted molar refractivity (Wildman–Crippen MR) is 97.5 cm³/mol. The Morgan fingerprint density at radius 2 is 1.00 bits per heavy atom. The molecule has 2 N–H and O–H groups in total. The van der Waals surface area contributed by atoms with Gasteiger partial charge in [0.25, 0.3) is 0 Å². The van der Waals surface area contributed by atoms with E-state index in [0.717, 1.165) is 12.8 Å². The normalized spacial score (nSPS) is 13.3. The number of primary sulfonamides is 1. The molecule has 23 heavy (non-hydrogen) atoms. The van der Waals surface area contributed by atoms with Crippen LogP contribution in [0.2, 0.25) is 0 Å². The number of hydrogen-bond donors (Lipinski definition) is 1. The smallest absolute Gasteiger partial charge is 0.229 e. The summed E-state index contributed by atoms with van der Waals surface area (Å²) in [5.41, 5.74) is -1.88. The lowest BCUT2D eigenvalue weighted by Gasteiger charge is -2.05. The fourth-order valence-electron chi connectivity index (χ4n) is 2.84. The van der Waals surface area contributed by atoms with Gasteiger partial charge in [-0.25, -0.2) is 17.9 Å². The van der Waals surface area contributed by atoms with Crippen LogP contribution in [-0.4, -0.2) is 13.9 Å². The number of alkyl halides is 1. The van der Waals surface area contributed by atoms with Crippen molar-refractivity contribution >= 4 is 10.0 Å². The van der Waals surface area contributed by atoms with Gasteiger partial charge < -0.3 is 0 Å². The number of hydrogen-bond acceptors (Lipinski definition) is 2. The average Bonchev–Trinajstić information content (AvgIpc) is 2.50. The van der Waals surface area contributed by atoms with Gasteiger partial charge in [-0.3, -0.25) is 0 Å². The largest absolute Gasteiger partial charge is 0.241 e. The third kappa shape index (κ3) is 16.5. The molecule has 0 aliphatic rings. The Kier molecular flexibility index (Phi) is 15.3. The Bertz CT molecular complexity index is 347. The third-order valence-electron chi connectivity index (χ3n) is 4.39. The molecule has 1 unspecified atom stereocenters. The van der Waals surface area contributed by atoms with Crippen molar-refractivity contribution in [3.63, 3.8) is 0 Å². The molecule has 0 amide bonds. The van der Waals surface area contributed by atoms with Crippen molar-refractivity contribution in [2.45, 2.75) is 115 Å². The zero-order valence-corrected chi connectivity index (χ0v) is 15.9. The van der Waals surface area contributed by atoms with Gasteiger partial charge in [0.05, 0.1) is 0 Å². The van der Waals surface area contributed by atoms with E-state index in [1.807, 2.05) is 0 Å². The van der Waals surface area contributed by atoms with Gasteiger partial charge in [-0.1, -0.05) is 96.8 Å². The molecule has 5 heteroatoms. The Hall–Kier alpha value is -0.160. The lowest BCUT2D eigenvalue weighted by molar-refractivity contribution is 0.385. The topological polar surface area (TPSA) is 60.2 Å². The molecular weight excluding hydrogens is 313 g/mol. The maximum absolute atomic E-state index is 13.1. The highest BCUT2D eigenvalue weighted by Gasteiger charge is 2.18. The van der Waals surface area contributed by atoms with E-state index in [0.29, 0.717) is 6.42 Å². The van der Waals surface area contributed by atoms with E-state index in [1.165, 1.54) is 77.0 Å². The summed E-state index contributed by atoms with van der Waals surface area (Å²) >= 11 is 0. The van der Waals surface area contributed by atoms with Crippen LogP contribution in [0, 0.1) is 0 Å². The molecule has 0 rings (SSSR count). The highest BCUT2D eigenvalue weighted by atomic mass is 32.2. The van der Waals surface area contributed by atoms with Gasteiger partial charge in [-0.2, -0.15) is 0 Å². The van der Waals surface area contributed by atoms with Crippen LogP contribution in [0.1, 0.15) is 110 Å². The van der Waals surface area contributed by atoms with Gasteiger partial charge in [0, 0.05) is 0 Å². The minimum absolute atomic E-state index is 0.0388. The van der Waals surface area contributed by atoms with Crippen LogP contribution < -0.4 is 5.14 Å². The first-order chi connectivity index (χ1) is 11.0. The molecule has 140 valence electrons. The van der Waals surface area contributed by atoms with Gasteiger partial charge in [-0.05, 0) is 12.8 Å². The molecule has 0 aliphatic carbocycles. The molecule has 1 atom stereocenters. The second-order valence-electron chi connectivity index (χ2n) is 6.74. The lowest BCUT2D eigenvalue weighted by atomic mass is 10.0. The number of halogens is 1. The van der Waals surface area contributed by atoms with Gasteiger partial charge in [-0.15, -0.1) is 0 Å². The lowest BCUT2D eigenvalue weighted by Crippen LogP contribution is -2.24. The van der Waals surface area contributed by atoms with E-state index >= 15 is 0 Å². The standard InChI is InChI=1S/C18H38FNO2S/c1-2-3-4-5-6-7-8-9-10-11-12-13-14-15-16-17-18(19)23(20,21)22/h18H,2-17H2,1H3,(H2,20,21,22). The molecule has 0 radical (unpaired) electrons. The van der Waals surface area contributed by atoms with Crippen molar-refractivity contribution in [1.82, 2.24) is 0 Å². The fourth-order valence-corrected chi connectivity index (χ4v) is 3.34. The fraction of sp³-hybridized carbons (Fsp3) is 1.00. The average molecular weight is 352 g/mol. The SMILES string of the molecule is CCCCCCCCCCCCCCCCCC(F)S(N)(=O)=O. The summed E-state index contributed by atoms with van der Waals surface area (Å²) in [4.78, 5) is 0. The second-order valence-corrected chi connectivity index (χ2v) is 8.43.